The van der Waals surface area contributed by atoms with E-state index in [0.29, 0.717) is 30.8 Å². The van der Waals surface area contributed by atoms with Crippen LogP contribution in [0.15, 0.2) is 12.2 Å². The number of hydrogen-bond donors (Lipinski definition) is 0. The Morgan fingerprint density at radius 3 is 2.65 bits per heavy atom. The molecule has 0 saturated carbocycles. The number of hydrogen-bond acceptors (Lipinski definition) is 3. The van der Waals surface area contributed by atoms with Gasteiger partial charge in [0.1, 0.15) is 0 Å². The highest BCUT2D eigenvalue weighted by atomic mass is 127. The van der Waals surface area contributed by atoms with E-state index in [0.717, 1.165) is 36.7 Å². The lowest BCUT2D eigenvalue weighted by Crippen LogP contribution is -2.43. The van der Waals surface area contributed by atoms with E-state index in [-0.39, 0.29) is 11.0 Å². The summed E-state index contributed by atoms with van der Waals surface area (Å²) >= 11 is 2.52. The minimum absolute atomic E-state index is 0.0473. The molecular formula is C21H39IO3Si. The van der Waals surface area contributed by atoms with Gasteiger partial charge in [-0.2, -0.15) is 0 Å². The number of rotatable bonds is 5. The molecule has 0 bridgehead atoms. The fourth-order valence-corrected chi connectivity index (χ4v) is 5.17. The van der Waals surface area contributed by atoms with Gasteiger partial charge in [0.25, 0.3) is 0 Å². The molecule has 0 aromatic rings. The van der Waals surface area contributed by atoms with Crippen LogP contribution in [0.2, 0.25) is 18.1 Å². The van der Waals surface area contributed by atoms with Crippen LogP contribution in [-0.4, -0.2) is 31.9 Å². The van der Waals surface area contributed by atoms with Crippen LogP contribution in [0.3, 0.4) is 0 Å². The van der Waals surface area contributed by atoms with Crippen molar-refractivity contribution in [2.45, 2.75) is 77.9 Å². The molecule has 0 aromatic heterocycles. The first-order valence-electron chi connectivity index (χ1n) is 10.1. The van der Waals surface area contributed by atoms with Gasteiger partial charge in [-0.05, 0) is 61.6 Å². The number of carbonyl (C=O) groups excluding carboxylic acids is 1. The summed E-state index contributed by atoms with van der Waals surface area (Å²) in [6.45, 7) is 15.3. The van der Waals surface area contributed by atoms with Gasteiger partial charge in [0.05, 0.1) is 6.61 Å². The van der Waals surface area contributed by atoms with Gasteiger partial charge >= 0.3 is 5.97 Å². The summed E-state index contributed by atoms with van der Waals surface area (Å²) < 4.78 is 13.0. The van der Waals surface area contributed by atoms with Crippen molar-refractivity contribution in [3.05, 3.63) is 12.2 Å². The average molecular weight is 495 g/mol. The Kier molecular flexibility index (Phi) is 10.4. The SMILES string of the molecule is C[C@H]1C/C=C/CCOC(=O)CCC[C@@H]1[C@@H](CI)CO[Si](C)(C)C(C)(C)C. The first kappa shape index (κ1) is 24.2. The highest BCUT2D eigenvalue weighted by molar-refractivity contribution is 14.1. The fourth-order valence-electron chi connectivity index (χ4n) is 3.20. The Morgan fingerprint density at radius 1 is 1.35 bits per heavy atom. The van der Waals surface area contributed by atoms with Crippen LogP contribution in [-0.2, 0) is 14.0 Å². The van der Waals surface area contributed by atoms with Crippen LogP contribution in [0.5, 0.6) is 0 Å². The summed E-state index contributed by atoms with van der Waals surface area (Å²) in [6.07, 6.45) is 8.91. The van der Waals surface area contributed by atoms with Crippen molar-refractivity contribution in [3.63, 3.8) is 0 Å². The number of alkyl halides is 1. The molecule has 1 aliphatic rings. The Morgan fingerprint density at radius 2 is 2.04 bits per heavy atom. The van der Waals surface area contributed by atoms with Crippen molar-refractivity contribution in [2.24, 2.45) is 17.8 Å². The molecule has 0 aromatic carbocycles. The molecule has 152 valence electrons. The first-order valence-corrected chi connectivity index (χ1v) is 14.5. The number of allylic oxidation sites excluding steroid dienone is 1. The summed E-state index contributed by atoms with van der Waals surface area (Å²) in [4.78, 5) is 11.8. The summed E-state index contributed by atoms with van der Waals surface area (Å²) in [5.74, 6) is 1.71. The molecule has 0 fully saturated rings. The quantitative estimate of drug-likeness (QED) is 0.146. The predicted molar refractivity (Wildman–Crippen MR) is 121 cm³/mol. The maximum atomic E-state index is 11.8. The normalized spacial score (nSPS) is 26.3. The largest absolute Gasteiger partial charge is 0.465 e. The monoisotopic (exact) mass is 494 g/mol. The predicted octanol–water partition coefficient (Wildman–Crippen LogP) is 6.38. The lowest BCUT2D eigenvalue weighted by atomic mass is 9.78. The Labute approximate surface area is 175 Å². The van der Waals surface area contributed by atoms with Crippen LogP contribution in [0.25, 0.3) is 0 Å². The van der Waals surface area contributed by atoms with E-state index in [1.807, 2.05) is 0 Å². The summed E-state index contributed by atoms with van der Waals surface area (Å²) in [5.41, 5.74) is 0. The number of carbonyl (C=O) groups is 1. The van der Waals surface area contributed by atoms with Gasteiger partial charge in [-0.15, -0.1) is 0 Å². The van der Waals surface area contributed by atoms with Gasteiger partial charge in [0, 0.05) is 17.5 Å². The van der Waals surface area contributed by atoms with Crippen molar-refractivity contribution in [1.29, 1.82) is 0 Å². The summed E-state index contributed by atoms with van der Waals surface area (Å²) in [6, 6.07) is 0. The highest BCUT2D eigenvalue weighted by Crippen LogP contribution is 2.38. The highest BCUT2D eigenvalue weighted by Gasteiger charge is 2.38. The molecule has 1 aliphatic heterocycles. The lowest BCUT2D eigenvalue weighted by molar-refractivity contribution is -0.143. The van der Waals surface area contributed by atoms with E-state index >= 15 is 0 Å². The minimum atomic E-state index is -1.73. The molecule has 26 heavy (non-hydrogen) atoms. The molecule has 0 aliphatic carbocycles. The fraction of sp³-hybridized carbons (Fsp3) is 0.857. The summed E-state index contributed by atoms with van der Waals surface area (Å²) in [7, 11) is -1.73. The topological polar surface area (TPSA) is 35.5 Å². The summed E-state index contributed by atoms with van der Waals surface area (Å²) in [5, 5.41) is 0.243. The zero-order valence-corrected chi connectivity index (χ0v) is 20.8. The number of ether oxygens (including phenoxy) is 1. The molecule has 0 saturated heterocycles. The second kappa shape index (κ2) is 11.2. The van der Waals surface area contributed by atoms with E-state index in [1.54, 1.807) is 0 Å². The maximum Gasteiger partial charge on any atom is 0.305 e. The standard InChI is InChI=1S/C21H39IO3Si/c1-17-11-8-7-9-14-24-20(23)13-10-12-19(17)18(15-22)16-25-26(5,6)21(2,3)4/h7-8,17-19H,9-16H2,1-6H3/b8-7+/t17-,18-,19-/m0/s1. The van der Waals surface area contributed by atoms with Gasteiger partial charge < -0.3 is 9.16 Å². The number of cyclic esters (lactones) is 1. The third kappa shape index (κ3) is 8.01. The first-order chi connectivity index (χ1) is 12.1. The van der Waals surface area contributed by atoms with Crippen LogP contribution in [0.1, 0.15) is 59.8 Å². The maximum absolute atomic E-state index is 11.8. The molecule has 3 atom stereocenters. The Hall–Kier alpha value is 0.117. The number of esters is 1. The lowest BCUT2D eigenvalue weighted by Gasteiger charge is -2.39. The van der Waals surface area contributed by atoms with Crippen molar-refractivity contribution in [3.8, 4) is 0 Å². The van der Waals surface area contributed by atoms with Crippen molar-refractivity contribution in [2.75, 3.05) is 17.6 Å². The third-order valence-electron chi connectivity index (χ3n) is 6.14. The van der Waals surface area contributed by atoms with Crippen LogP contribution in [0.4, 0.5) is 0 Å². The second-order valence-electron chi connectivity index (χ2n) is 9.24. The molecule has 0 N–H and O–H groups in total. The van der Waals surface area contributed by atoms with Gasteiger partial charge in [0.2, 0.25) is 0 Å². The van der Waals surface area contributed by atoms with Gasteiger partial charge in [-0.25, -0.2) is 0 Å². The molecule has 1 heterocycles. The molecule has 1 rings (SSSR count). The smallest absolute Gasteiger partial charge is 0.305 e. The molecule has 5 heteroatoms. The van der Waals surface area contributed by atoms with Crippen molar-refractivity contribution >= 4 is 36.9 Å². The van der Waals surface area contributed by atoms with E-state index in [9.17, 15) is 4.79 Å². The zero-order valence-electron chi connectivity index (χ0n) is 17.6. The van der Waals surface area contributed by atoms with Crippen molar-refractivity contribution < 1.29 is 14.0 Å². The van der Waals surface area contributed by atoms with Crippen molar-refractivity contribution in [1.82, 2.24) is 0 Å². The molecule has 0 radical (unpaired) electrons. The molecular weight excluding hydrogens is 455 g/mol. The van der Waals surface area contributed by atoms with E-state index in [4.69, 9.17) is 9.16 Å². The second-order valence-corrected chi connectivity index (χ2v) is 14.9. The van der Waals surface area contributed by atoms with E-state index < -0.39 is 8.32 Å². The molecule has 0 amide bonds. The van der Waals surface area contributed by atoms with E-state index in [1.165, 1.54) is 0 Å². The molecule has 0 unspecified atom stereocenters. The van der Waals surface area contributed by atoms with Gasteiger partial charge in [0.15, 0.2) is 8.32 Å². The third-order valence-corrected chi connectivity index (χ3v) is 11.8. The van der Waals surface area contributed by atoms with Crippen LogP contribution < -0.4 is 0 Å². The molecule has 0 spiro atoms. The van der Waals surface area contributed by atoms with Crippen LogP contribution in [0, 0.1) is 17.8 Å². The molecule has 3 nitrogen and oxygen atoms in total. The average Bonchev–Trinajstić information content (AvgIpc) is 2.54. The van der Waals surface area contributed by atoms with E-state index in [2.05, 4.69) is 75.5 Å². The van der Waals surface area contributed by atoms with Crippen LogP contribution >= 0.6 is 22.6 Å². The zero-order chi connectivity index (χ0) is 19.8. The minimum Gasteiger partial charge on any atom is -0.465 e. The Bertz CT molecular complexity index is 457. The van der Waals surface area contributed by atoms with Gasteiger partial charge in [-0.1, -0.05) is 62.4 Å². The Balaban J connectivity index is 2.81. The van der Waals surface area contributed by atoms with Gasteiger partial charge in [-0.3, -0.25) is 4.79 Å². The number of halogens is 1.